The molecule has 0 saturated carbocycles. The Morgan fingerprint density at radius 1 is 1.44 bits per heavy atom. The standard InChI is InChI=1S/C10H13N3O3/c1-7(2-9(14)15)3-13-10(16)8-4-11-6-12-5-8/h4-7H,2-3H2,1H3,(H,13,16)(H,14,15). The van der Waals surface area contributed by atoms with Gasteiger partial charge < -0.3 is 10.4 Å². The van der Waals surface area contributed by atoms with E-state index in [1.165, 1.54) is 18.7 Å². The van der Waals surface area contributed by atoms with E-state index in [2.05, 4.69) is 15.3 Å². The summed E-state index contributed by atoms with van der Waals surface area (Å²) in [6, 6.07) is 0. The Morgan fingerprint density at radius 3 is 2.62 bits per heavy atom. The van der Waals surface area contributed by atoms with Crippen LogP contribution in [0.25, 0.3) is 0 Å². The maximum absolute atomic E-state index is 11.5. The lowest BCUT2D eigenvalue weighted by atomic mass is 10.1. The molecule has 6 heteroatoms. The first-order chi connectivity index (χ1) is 7.59. The van der Waals surface area contributed by atoms with Crippen molar-refractivity contribution in [3.63, 3.8) is 0 Å². The first-order valence-electron chi connectivity index (χ1n) is 4.84. The minimum absolute atomic E-state index is 0.0333. The van der Waals surface area contributed by atoms with Gasteiger partial charge in [0.15, 0.2) is 0 Å². The summed E-state index contributed by atoms with van der Waals surface area (Å²) in [5, 5.41) is 11.2. The van der Waals surface area contributed by atoms with Crippen molar-refractivity contribution in [2.45, 2.75) is 13.3 Å². The lowest BCUT2D eigenvalue weighted by Crippen LogP contribution is -2.29. The summed E-state index contributed by atoms with van der Waals surface area (Å²) >= 11 is 0. The number of nitrogens with one attached hydrogen (secondary N) is 1. The Morgan fingerprint density at radius 2 is 2.06 bits per heavy atom. The number of carbonyl (C=O) groups excluding carboxylic acids is 1. The van der Waals surface area contributed by atoms with Crippen molar-refractivity contribution in [3.05, 3.63) is 24.3 Å². The van der Waals surface area contributed by atoms with E-state index in [9.17, 15) is 9.59 Å². The normalized spacial score (nSPS) is 11.8. The molecule has 1 aromatic heterocycles. The van der Waals surface area contributed by atoms with Crippen LogP contribution in [0.1, 0.15) is 23.7 Å². The molecule has 0 aliphatic rings. The lowest BCUT2D eigenvalue weighted by Gasteiger charge is -2.09. The van der Waals surface area contributed by atoms with E-state index in [4.69, 9.17) is 5.11 Å². The molecule has 2 N–H and O–H groups in total. The highest BCUT2D eigenvalue weighted by Gasteiger charge is 2.10. The fourth-order valence-corrected chi connectivity index (χ4v) is 1.16. The van der Waals surface area contributed by atoms with Gasteiger partial charge in [0.05, 0.1) is 5.56 Å². The van der Waals surface area contributed by atoms with Crippen LogP contribution in [0.2, 0.25) is 0 Å². The molecule has 0 aliphatic carbocycles. The maximum Gasteiger partial charge on any atom is 0.303 e. The number of carboxylic acid groups (broad SMARTS) is 1. The third-order valence-electron chi connectivity index (χ3n) is 1.96. The van der Waals surface area contributed by atoms with Crippen molar-refractivity contribution in [2.75, 3.05) is 6.54 Å². The van der Waals surface area contributed by atoms with Crippen molar-refractivity contribution >= 4 is 11.9 Å². The van der Waals surface area contributed by atoms with Crippen LogP contribution >= 0.6 is 0 Å². The Bertz CT molecular complexity index is 367. The molecule has 16 heavy (non-hydrogen) atoms. The first kappa shape index (κ1) is 12.1. The number of hydrogen-bond acceptors (Lipinski definition) is 4. The molecule has 1 rings (SSSR count). The quantitative estimate of drug-likeness (QED) is 0.749. The topological polar surface area (TPSA) is 92.2 Å². The van der Waals surface area contributed by atoms with E-state index in [0.717, 1.165) is 0 Å². The molecule has 0 spiro atoms. The fourth-order valence-electron chi connectivity index (χ4n) is 1.16. The van der Waals surface area contributed by atoms with Crippen molar-refractivity contribution in [1.29, 1.82) is 0 Å². The highest BCUT2D eigenvalue weighted by molar-refractivity contribution is 5.93. The number of carbonyl (C=O) groups is 2. The number of aromatic nitrogens is 2. The molecule has 1 heterocycles. The predicted molar refractivity (Wildman–Crippen MR) is 55.8 cm³/mol. The van der Waals surface area contributed by atoms with Crippen molar-refractivity contribution in [1.82, 2.24) is 15.3 Å². The number of amides is 1. The Balaban J connectivity index is 2.39. The van der Waals surface area contributed by atoms with E-state index in [-0.39, 0.29) is 18.2 Å². The van der Waals surface area contributed by atoms with Gasteiger partial charge in [0.1, 0.15) is 6.33 Å². The van der Waals surface area contributed by atoms with Crippen LogP contribution in [0.5, 0.6) is 0 Å². The minimum Gasteiger partial charge on any atom is -0.481 e. The molecular weight excluding hydrogens is 210 g/mol. The molecule has 1 amide bonds. The van der Waals surface area contributed by atoms with Crippen LogP contribution in [0.3, 0.4) is 0 Å². The summed E-state index contributed by atoms with van der Waals surface area (Å²) in [5.41, 5.74) is 0.366. The molecule has 1 aromatic rings. The van der Waals surface area contributed by atoms with Gasteiger partial charge in [0, 0.05) is 25.4 Å². The molecule has 0 saturated heterocycles. The Hall–Kier alpha value is -1.98. The fraction of sp³-hybridized carbons (Fsp3) is 0.400. The van der Waals surface area contributed by atoms with Crippen molar-refractivity contribution in [2.24, 2.45) is 5.92 Å². The zero-order valence-corrected chi connectivity index (χ0v) is 8.88. The highest BCUT2D eigenvalue weighted by Crippen LogP contribution is 2.00. The summed E-state index contributed by atoms with van der Waals surface area (Å²) in [4.78, 5) is 29.3. The first-order valence-corrected chi connectivity index (χ1v) is 4.84. The van der Waals surface area contributed by atoms with E-state index in [1.54, 1.807) is 6.92 Å². The summed E-state index contributed by atoms with van der Waals surface area (Å²) in [6.07, 6.45) is 4.18. The molecule has 0 aromatic carbocycles. The summed E-state index contributed by atoms with van der Waals surface area (Å²) < 4.78 is 0. The van der Waals surface area contributed by atoms with Gasteiger partial charge in [0.25, 0.3) is 5.91 Å². The van der Waals surface area contributed by atoms with Crippen LogP contribution in [-0.2, 0) is 4.79 Å². The zero-order chi connectivity index (χ0) is 12.0. The Labute approximate surface area is 92.7 Å². The predicted octanol–water partition coefficient (Wildman–Crippen LogP) is 0.317. The molecule has 6 nitrogen and oxygen atoms in total. The maximum atomic E-state index is 11.5. The van der Waals surface area contributed by atoms with Gasteiger partial charge in [-0.05, 0) is 5.92 Å². The van der Waals surface area contributed by atoms with Gasteiger partial charge in [0.2, 0.25) is 0 Å². The lowest BCUT2D eigenvalue weighted by molar-refractivity contribution is -0.137. The molecule has 0 fully saturated rings. The van der Waals surface area contributed by atoms with Gasteiger partial charge in [-0.15, -0.1) is 0 Å². The largest absolute Gasteiger partial charge is 0.481 e. The van der Waals surface area contributed by atoms with Crippen LogP contribution in [0.4, 0.5) is 0 Å². The Kier molecular flexibility index (Phi) is 4.38. The monoisotopic (exact) mass is 223 g/mol. The second kappa shape index (κ2) is 5.79. The van der Waals surface area contributed by atoms with E-state index < -0.39 is 5.97 Å². The van der Waals surface area contributed by atoms with E-state index in [1.807, 2.05) is 0 Å². The van der Waals surface area contributed by atoms with Crippen LogP contribution in [0, 0.1) is 5.92 Å². The van der Waals surface area contributed by atoms with Crippen molar-refractivity contribution < 1.29 is 14.7 Å². The smallest absolute Gasteiger partial charge is 0.303 e. The number of carboxylic acids is 1. The second-order valence-electron chi connectivity index (χ2n) is 3.54. The van der Waals surface area contributed by atoms with Gasteiger partial charge >= 0.3 is 5.97 Å². The van der Waals surface area contributed by atoms with E-state index in [0.29, 0.717) is 12.1 Å². The second-order valence-corrected chi connectivity index (χ2v) is 3.54. The van der Waals surface area contributed by atoms with Gasteiger partial charge in [-0.2, -0.15) is 0 Å². The number of aliphatic carboxylic acids is 1. The summed E-state index contributed by atoms with van der Waals surface area (Å²) in [7, 11) is 0. The van der Waals surface area contributed by atoms with Crippen molar-refractivity contribution in [3.8, 4) is 0 Å². The minimum atomic E-state index is -0.871. The average molecular weight is 223 g/mol. The molecular formula is C10H13N3O3. The molecule has 0 aliphatic heterocycles. The molecule has 1 atom stereocenters. The SMILES string of the molecule is CC(CNC(=O)c1cncnc1)CC(=O)O. The third-order valence-corrected chi connectivity index (χ3v) is 1.96. The summed E-state index contributed by atoms with van der Waals surface area (Å²) in [6.45, 7) is 2.08. The average Bonchev–Trinajstić information content (AvgIpc) is 2.26. The van der Waals surface area contributed by atoms with Gasteiger partial charge in [-0.3, -0.25) is 9.59 Å². The third kappa shape index (κ3) is 4.04. The highest BCUT2D eigenvalue weighted by atomic mass is 16.4. The molecule has 1 unspecified atom stereocenters. The number of hydrogen-bond donors (Lipinski definition) is 2. The molecule has 0 bridgehead atoms. The summed E-state index contributed by atoms with van der Waals surface area (Å²) in [5.74, 6) is -1.27. The van der Waals surface area contributed by atoms with Gasteiger partial charge in [-0.1, -0.05) is 6.92 Å². The van der Waals surface area contributed by atoms with Crippen LogP contribution in [0.15, 0.2) is 18.7 Å². The molecule has 86 valence electrons. The van der Waals surface area contributed by atoms with E-state index >= 15 is 0 Å². The molecule has 0 radical (unpaired) electrons. The van der Waals surface area contributed by atoms with Crippen LogP contribution in [-0.4, -0.2) is 33.5 Å². The van der Waals surface area contributed by atoms with Gasteiger partial charge in [-0.25, -0.2) is 9.97 Å². The number of rotatable bonds is 5. The number of nitrogens with zero attached hydrogens (tertiary/aromatic N) is 2. The van der Waals surface area contributed by atoms with Crippen LogP contribution < -0.4 is 5.32 Å². The zero-order valence-electron chi connectivity index (χ0n) is 8.88.